The van der Waals surface area contributed by atoms with Crippen LogP contribution in [0, 0.1) is 0 Å². The fourth-order valence-corrected chi connectivity index (χ4v) is 3.16. The molecule has 27 heavy (non-hydrogen) atoms. The second-order valence-electron chi connectivity index (χ2n) is 6.50. The van der Waals surface area contributed by atoms with Crippen LogP contribution in [0.1, 0.15) is 44.6 Å². The van der Waals surface area contributed by atoms with E-state index in [2.05, 4.69) is 20.7 Å². The maximum atomic E-state index is 12.3. The number of esters is 1. The highest BCUT2D eigenvalue weighted by Gasteiger charge is 2.21. The van der Waals surface area contributed by atoms with Crippen molar-refractivity contribution in [2.75, 3.05) is 6.61 Å². The molecule has 1 amide bonds. The first kappa shape index (κ1) is 18.8. The summed E-state index contributed by atoms with van der Waals surface area (Å²) in [4.78, 5) is 24.4. The molecule has 0 saturated heterocycles. The van der Waals surface area contributed by atoms with Crippen LogP contribution in [-0.2, 0) is 20.7 Å². The number of nitrogens with one attached hydrogen (secondary N) is 2. The van der Waals surface area contributed by atoms with Gasteiger partial charge in [0.2, 0.25) is 5.91 Å². The molecule has 7 nitrogen and oxygen atoms in total. The zero-order valence-electron chi connectivity index (χ0n) is 15.5. The van der Waals surface area contributed by atoms with E-state index in [-0.39, 0.29) is 11.9 Å². The van der Waals surface area contributed by atoms with Crippen molar-refractivity contribution in [2.24, 2.45) is 0 Å². The lowest BCUT2D eigenvalue weighted by molar-refractivity contribution is -0.138. The third-order valence-electron chi connectivity index (χ3n) is 4.60. The van der Waals surface area contributed by atoms with Crippen molar-refractivity contribution in [1.29, 1.82) is 0 Å². The number of ether oxygens (including phenoxy) is 1. The molecule has 3 rings (SSSR count). The summed E-state index contributed by atoms with van der Waals surface area (Å²) in [5.74, 6) is -0.382. The molecule has 0 unspecified atom stereocenters. The quantitative estimate of drug-likeness (QED) is 0.733. The van der Waals surface area contributed by atoms with Crippen LogP contribution in [-0.4, -0.2) is 33.9 Å². The average Bonchev–Trinajstić information content (AvgIpc) is 3.22. The van der Waals surface area contributed by atoms with E-state index in [1.165, 1.54) is 0 Å². The number of allylic oxidation sites excluding steroid dienone is 1. The van der Waals surface area contributed by atoms with Crippen LogP contribution in [0.5, 0.6) is 0 Å². The van der Waals surface area contributed by atoms with E-state index in [9.17, 15) is 9.59 Å². The highest BCUT2D eigenvalue weighted by Crippen LogP contribution is 2.24. The Morgan fingerprint density at radius 3 is 2.67 bits per heavy atom. The van der Waals surface area contributed by atoms with Gasteiger partial charge in [0.25, 0.3) is 0 Å². The van der Waals surface area contributed by atoms with Gasteiger partial charge in [-0.25, -0.2) is 4.79 Å². The van der Waals surface area contributed by atoms with E-state index in [1.54, 1.807) is 13.1 Å². The zero-order valence-corrected chi connectivity index (χ0v) is 15.5. The number of aromatic amines is 1. The van der Waals surface area contributed by atoms with Gasteiger partial charge in [-0.3, -0.25) is 9.89 Å². The molecule has 0 spiro atoms. The fraction of sp³-hybridized carbons (Fsp3) is 0.400. The number of hydrogen-bond donors (Lipinski definition) is 2. The van der Waals surface area contributed by atoms with Crippen LogP contribution < -0.4 is 5.32 Å². The Morgan fingerprint density at radius 2 is 1.96 bits per heavy atom. The Labute approximate surface area is 158 Å². The number of hydrogen-bond acceptors (Lipinski definition) is 5. The standard InChI is InChI=1S/C20H24N4O3/c1-2-27-20(26)16-5-3-4-6-17(16)22-19(25)12-9-14-7-10-15(11-8-14)18-13-21-24-23-18/h7-8,10-11,13H,2-6,9,12H2,1H3,(H,22,25)(H,21,23,24). The molecule has 0 fully saturated rings. The number of aromatic nitrogens is 3. The van der Waals surface area contributed by atoms with Crippen molar-refractivity contribution in [3.8, 4) is 11.3 Å². The molecule has 0 saturated carbocycles. The molecule has 7 heteroatoms. The van der Waals surface area contributed by atoms with Crippen molar-refractivity contribution in [2.45, 2.75) is 45.4 Å². The monoisotopic (exact) mass is 368 g/mol. The van der Waals surface area contributed by atoms with E-state index < -0.39 is 0 Å². The maximum absolute atomic E-state index is 12.3. The summed E-state index contributed by atoms with van der Waals surface area (Å²) < 4.78 is 5.10. The Bertz CT molecular complexity index is 810. The van der Waals surface area contributed by atoms with Crippen molar-refractivity contribution in [3.05, 3.63) is 47.3 Å². The first-order chi connectivity index (χ1) is 13.2. The van der Waals surface area contributed by atoms with Gasteiger partial charge in [-0.2, -0.15) is 0 Å². The summed E-state index contributed by atoms with van der Waals surface area (Å²) in [5.41, 5.74) is 4.28. The second-order valence-corrected chi connectivity index (χ2v) is 6.50. The molecule has 1 aliphatic carbocycles. The van der Waals surface area contributed by atoms with Gasteiger partial charge in [-0.05, 0) is 44.6 Å². The number of aryl methyl sites for hydroxylation is 1. The molecule has 142 valence electrons. The first-order valence-corrected chi connectivity index (χ1v) is 9.31. The van der Waals surface area contributed by atoms with Crippen LogP contribution in [0.3, 0.4) is 0 Å². The molecule has 0 radical (unpaired) electrons. The molecular formula is C20H24N4O3. The fourth-order valence-electron chi connectivity index (χ4n) is 3.16. The van der Waals surface area contributed by atoms with Crippen molar-refractivity contribution in [1.82, 2.24) is 20.7 Å². The summed E-state index contributed by atoms with van der Waals surface area (Å²) in [5, 5.41) is 13.2. The number of carbonyl (C=O) groups excluding carboxylic acids is 2. The van der Waals surface area contributed by atoms with E-state index in [0.29, 0.717) is 37.9 Å². The van der Waals surface area contributed by atoms with Gasteiger partial charge in [-0.1, -0.05) is 29.5 Å². The molecule has 2 N–H and O–H groups in total. The van der Waals surface area contributed by atoms with Gasteiger partial charge >= 0.3 is 5.97 Å². The zero-order chi connectivity index (χ0) is 19.1. The largest absolute Gasteiger partial charge is 0.463 e. The van der Waals surface area contributed by atoms with E-state index in [1.807, 2.05) is 24.3 Å². The third kappa shape index (κ3) is 5.03. The number of nitrogens with zero attached hydrogens (tertiary/aromatic N) is 2. The van der Waals surface area contributed by atoms with Crippen molar-refractivity contribution < 1.29 is 14.3 Å². The van der Waals surface area contributed by atoms with Gasteiger partial charge < -0.3 is 10.1 Å². The Hall–Kier alpha value is -2.96. The normalized spacial score (nSPS) is 14.1. The second kappa shape index (κ2) is 9.12. The summed E-state index contributed by atoms with van der Waals surface area (Å²) >= 11 is 0. The summed E-state index contributed by atoms with van der Waals surface area (Å²) in [6.07, 6.45) is 5.97. The molecular weight excluding hydrogens is 344 g/mol. The SMILES string of the molecule is CCOC(=O)C1=C(NC(=O)CCc2ccc(-c3cnn[nH]3)cc2)CCCC1. The maximum Gasteiger partial charge on any atom is 0.335 e. The van der Waals surface area contributed by atoms with Crippen molar-refractivity contribution >= 4 is 11.9 Å². The number of amides is 1. The average molecular weight is 368 g/mol. The van der Waals surface area contributed by atoms with Crippen LogP contribution >= 0.6 is 0 Å². The van der Waals surface area contributed by atoms with Gasteiger partial charge in [0.15, 0.2) is 0 Å². The number of H-pyrrole nitrogens is 1. The number of rotatable bonds is 7. The third-order valence-corrected chi connectivity index (χ3v) is 4.60. The molecule has 1 aliphatic rings. The van der Waals surface area contributed by atoms with E-state index in [0.717, 1.165) is 35.4 Å². The molecule has 2 aromatic rings. The highest BCUT2D eigenvalue weighted by atomic mass is 16.5. The van der Waals surface area contributed by atoms with E-state index >= 15 is 0 Å². The number of carbonyl (C=O) groups is 2. The minimum Gasteiger partial charge on any atom is -0.463 e. The Kier molecular flexibility index (Phi) is 6.35. The predicted octanol–water partition coefficient (Wildman–Crippen LogP) is 2.91. The van der Waals surface area contributed by atoms with Gasteiger partial charge in [-0.15, -0.1) is 5.10 Å². The Morgan fingerprint density at radius 1 is 1.19 bits per heavy atom. The van der Waals surface area contributed by atoms with E-state index in [4.69, 9.17) is 4.74 Å². The predicted molar refractivity (Wildman–Crippen MR) is 100 cm³/mol. The minimum absolute atomic E-state index is 0.0736. The first-order valence-electron chi connectivity index (χ1n) is 9.31. The topological polar surface area (TPSA) is 97.0 Å². The van der Waals surface area contributed by atoms with Crippen LogP contribution in [0.15, 0.2) is 41.7 Å². The lowest BCUT2D eigenvalue weighted by Crippen LogP contribution is -2.28. The Balaban J connectivity index is 1.56. The lowest BCUT2D eigenvalue weighted by Gasteiger charge is -2.20. The molecule has 0 bridgehead atoms. The molecule has 1 aromatic carbocycles. The van der Waals surface area contributed by atoms with Gasteiger partial charge in [0.05, 0.1) is 24.1 Å². The summed E-state index contributed by atoms with van der Waals surface area (Å²) in [6, 6.07) is 7.94. The van der Waals surface area contributed by atoms with Crippen molar-refractivity contribution in [3.63, 3.8) is 0 Å². The van der Waals surface area contributed by atoms with Gasteiger partial charge in [0.1, 0.15) is 0 Å². The molecule has 0 atom stereocenters. The van der Waals surface area contributed by atoms with Crippen LogP contribution in [0.2, 0.25) is 0 Å². The van der Waals surface area contributed by atoms with Crippen LogP contribution in [0.4, 0.5) is 0 Å². The lowest BCUT2D eigenvalue weighted by atomic mass is 9.96. The summed E-state index contributed by atoms with van der Waals surface area (Å²) in [6.45, 7) is 2.13. The molecule has 1 aromatic heterocycles. The smallest absolute Gasteiger partial charge is 0.335 e. The molecule has 0 aliphatic heterocycles. The molecule has 1 heterocycles. The minimum atomic E-state index is -0.309. The van der Waals surface area contributed by atoms with Crippen LogP contribution in [0.25, 0.3) is 11.3 Å². The number of benzene rings is 1. The van der Waals surface area contributed by atoms with Gasteiger partial charge in [0, 0.05) is 17.7 Å². The summed E-state index contributed by atoms with van der Waals surface area (Å²) in [7, 11) is 0. The highest BCUT2D eigenvalue weighted by molar-refractivity contribution is 5.91.